The van der Waals surface area contributed by atoms with E-state index in [1.54, 1.807) is 24.3 Å². The van der Waals surface area contributed by atoms with E-state index < -0.39 is 28.4 Å². The summed E-state index contributed by atoms with van der Waals surface area (Å²) in [7, 11) is -3.72. The van der Waals surface area contributed by atoms with Crippen molar-refractivity contribution in [3.8, 4) is 5.75 Å². The summed E-state index contributed by atoms with van der Waals surface area (Å²) in [4.78, 5) is 23.6. The lowest BCUT2D eigenvalue weighted by Gasteiger charge is -2.19. The molecular weight excluding hydrogens is 288 g/mol. The van der Waals surface area contributed by atoms with Crippen LogP contribution < -0.4 is 4.43 Å². The molecule has 0 heterocycles. The van der Waals surface area contributed by atoms with Crippen LogP contribution in [0.2, 0.25) is 39.3 Å². The van der Waals surface area contributed by atoms with E-state index in [0.29, 0.717) is 5.56 Å². The lowest BCUT2D eigenvalue weighted by Crippen LogP contribution is -2.33. The fourth-order valence-corrected chi connectivity index (χ4v) is 2.96. The van der Waals surface area contributed by atoms with Crippen LogP contribution >= 0.6 is 0 Å². The summed E-state index contributed by atoms with van der Waals surface area (Å²) in [6.45, 7) is 11.8. The van der Waals surface area contributed by atoms with Gasteiger partial charge in [0.05, 0.1) is 0 Å². The Morgan fingerprint density at radius 1 is 0.850 bits per heavy atom. The van der Waals surface area contributed by atoms with Gasteiger partial charge >= 0.3 is 5.97 Å². The molecule has 0 atom stereocenters. The van der Waals surface area contributed by atoms with E-state index in [1.807, 2.05) is 19.6 Å². The third-order valence-corrected chi connectivity index (χ3v) is 3.77. The summed E-state index contributed by atoms with van der Waals surface area (Å²) in [5, 5.41) is 0. The second-order valence-electron chi connectivity index (χ2n) is 6.57. The fraction of sp³-hybridized carbons (Fsp3) is 0.429. The van der Waals surface area contributed by atoms with Crippen LogP contribution in [0.4, 0.5) is 0 Å². The molecule has 0 aliphatic heterocycles. The molecular formula is C14H22O4Si2. The lowest BCUT2D eigenvalue weighted by molar-refractivity contribution is -0.130. The van der Waals surface area contributed by atoms with Gasteiger partial charge in [0.2, 0.25) is 16.6 Å². The Hall–Kier alpha value is -1.41. The molecule has 0 radical (unpaired) electrons. The molecule has 0 bridgehead atoms. The van der Waals surface area contributed by atoms with Crippen molar-refractivity contribution in [3.05, 3.63) is 29.8 Å². The SMILES string of the molecule is C[Si](C)(C)OC(=O)C(=O)c1ccc(O[Si](C)(C)C)cc1. The lowest BCUT2D eigenvalue weighted by atomic mass is 10.1. The first-order valence-corrected chi connectivity index (χ1v) is 13.4. The normalized spacial score (nSPS) is 11.9. The summed E-state index contributed by atoms with van der Waals surface area (Å²) in [5.74, 6) is -0.658. The zero-order valence-corrected chi connectivity index (χ0v) is 14.9. The average molecular weight is 310 g/mol. The molecule has 0 spiro atoms. The van der Waals surface area contributed by atoms with Gasteiger partial charge < -0.3 is 8.85 Å². The topological polar surface area (TPSA) is 52.6 Å². The van der Waals surface area contributed by atoms with Crippen LogP contribution in [0.15, 0.2) is 24.3 Å². The first-order chi connectivity index (χ1) is 8.98. The van der Waals surface area contributed by atoms with Crippen molar-refractivity contribution in [2.75, 3.05) is 0 Å². The largest absolute Gasteiger partial charge is 0.544 e. The van der Waals surface area contributed by atoms with Crippen LogP contribution in [0.1, 0.15) is 10.4 Å². The molecule has 0 unspecified atom stereocenters. The van der Waals surface area contributed by atoms with Crippen molar-refractivity contribution < 1.29 is 18.4 Å². The van der Waals surface area contributed by atoms with Gasteiger partial charge in [0, 0.05) is 5.56 Å². The van der Waals surface area contributed by atoms with Crippen molar-refractivity contribution in [1.82, 2.24) is 0 Å². The van der Waals surface area contributed by atoms with Crippen LogP contribution in [0.25, 0.3) is 0 Å². The van der Waals surface area contributed by atoms with Crippen molar-refractivity contribution in [2.24, 2.45) is 0 Å². The average Bonchev–Trinajstić information content (AvgIpc) is 2.24. The van der Waals surface area contributed by atoms with Crippen molar-refractivity contribution in [3.63, 3.8) is 0 Å². The predicted octanol–water partition coefficient (Wildman–Crippen LogP) is 3.46. The first-order valence-electron chi connectivity index (χ1n) is 6.55. The molecule has 0 N–H and O–H groups in total. The highest BCUT2D eigenvalue weighted by Crippen LogP contribution is 2.17. The predicted molar refractivity (Wildman–Crippen MR) is 84.2 cm³/mol. The maximum atomic E-state index is 11.9. The van der Waals surface area contributed by atoms with Crippen LogP contribution in [-0.2, 0) is 9.22 Å². The second-order valence-corrected chi connectivity index (χ2v) is 15.4. The first kappa shape index (κ1) is 16.6. The van der Waals surface area contributed by atoms with Gasteiger partial charge in [-0.3, -0.25) is 4.79 Å². The Morgan fingerprint density at radius 2 is 1.35 bits per heavy atom. The fourth-order valence-electron chi connectivity index (χ4n) is 1.47. The van der Waals surface area contributed by atoms with Gasteiger partial charge in [0.25, 0.3) is 5.78 Å². The number of ketones is 1. The van der Waals surface area contributed by atoms with Crippen LogP contribution in [0, 0.1) is 0 Å². The summed E-state index contributed by atoms with van der Waals surface area (Å²) >= 11 is 0. The molecule has 0 saturated carbocycles. The van der Waals surface area contributed by atoms with E-state index >= 15 is 0 Å². The van der Waals surface area contributed by atoms with E-state index in [1.165, 1.54) is 0 Å². The summed E-state index contributed by atoms with van der Waals surface area (Å²) in [6, 6.07) is 6.63. The minimum Gasteiger partial charge on any atom is -0.544 e. The molecule has 1 rings (SSSR count). The van der Waals surface area contributed by atoms with Crippen molar-refractivity contribution >= 4 is 28.4 Å². The standard InChI is InChI=1S/C14H22O4Si2/c1-19(2,3)17-12-9-7-11(8-10-12)13(15)14(16)18-20(4,5)6/h7-10H,1-6H3. The number of benzene rings is 1. The molecule has 6 heteroatoms. The minimum atomic E-state index is -2.05. The zero-order chi connectivity index (χ0) is 15.6. The van der Waals surface area contributed by atoms with E-state index in [9.17, 15) is 9.59 Å². The van der Waals surface area contributed by atoms with Crippen LogP contribution in [0.5, 0.6) is 5.75 Å². The van der Waals surface area contributed by atoms with Crippen molar-refractivity contribution in [2.45, 2.75) is 39.3 Å². The monoisotopic (exact) mass is 310 g/mol. The van der Waals surface area contributed by atoms with Gasteiger partial charge in [0.1, 0.15) is 5.75 Å². The molecule has 110 valence electrons. The molecule has 1 aromatic rings. The third-order valence-electron chi connectivity index (χ3n) is 2.12. The van der Waals surface area contributed by atoms with Gasteiger partial charge in [-0.25, -0.2) is 4.79 Å². The van der Waals surface area contributed by atoms with Gasteiger partial charge in [-0.05, 0) is 63.5 Å². The zero-order valence-electron chi connectivity index (χ0n) is 12.9. The van der Waals surface area contributed by atoms with Crippen molar-refractivity contribution in [1.29, 1.82) is 0 Å². The quantitative estimate of drug-likeness (QED) is 0.475. The molecule has 0 saturated heterocycles. The molecule has 0 aliphatic rings. The molecule has 1 aromatic carbocycles. The highest BCUT2D eigenvalue weighted by molar-refractivity contribution is 6.73. The van der Waals surface area contributed by atoms with E-state index in [4.69, 9.17) is 8.85 Å². The minimum absolute atomic E-state index is 0.330. The number of carbonyl (C=O) groups excluding carboxylic acids is 2. The maximum absolute atomic E-state index is 11.9. The summed E-state index contributed by atoms with van der Waals surface area (Å²) < 4.78 is 11.0. The molecule has 4 nitrogen and oxygen atoms in total. The highest BCUT2D eigenvalue weighted by atomic mass is 28.4. The van der Waals surface area contributed by atoms with Crippen LogP contribution in [-0.4, -0.2) is 28.4 Å². The Kier molecular flexibility index (Phi) is 4.93. The number of Topliss-reactive ketones (excluding diaryl/α,β-unsaturated/α-hetero) is 1. The Bertz CT molecular complexity index is 495. The molecule has 0 fully saturated rings. The van der Waals surface area contributed by atoms with E-state index in [-0.39, 0.29) is 0 Å². The Morgan fingerprint density at radius 3 is 1.75 bits per heavy atom. The molecule has 0 aliphatic carbocycles. The number of carbonyl (C=O) groups is 2. The molecule has 0 amide bonds. The van der Waals surface area contributed by atoms with Gasteiger partial charge in [-0.1, -0.05) is 0 Å². The smallest absolute Gasteiger partial charge is 0.366 e. The number of rotatable bonds is 5. The number of hydrogen-bond donors (Lipinski definition) is 0. The van der Waals surface area contributed by atoms with Gasteiger partial charge in [0.15, 0.2) is 0 Å². The summed E-state index contributed by atoms with van der Waals surface area (Å²) in [6.07, 6.45) is 0. The highest BCUT2D eigenvalue weighted by Gasteiger charge is 2.26. The Labute approximate surface area is 122 Å². The molecule has 0 aromatic heterocycles. The third kappa shape index (κ3) is 5.71. The second kappa shape index (κ2) is 5.93. The summed E-state index contributed by atoms with van der Waals surface area (Å²) in [5.41, 5.74) is 0.330. The Balaban J connectivity index is 2.78. The molecule has 20 heavy (non-hydrogen) atoms. The van der Waals surface area contributed by atoms with Gasteiger partial charge in [-0.15, -0.1) is 0 Å². The van der Waals surface area contributed by atoms with Crippen LogP contribution in [0.3, 0.4) is 0 Å². The maximum Gasteiger partial charge on any atom is 0.366 e. The van der Waals surface area contributed by atoms with E-state index in [0.717, 1.165) is 5.75 Å². The van der Waals surface area contributed by atoms with E-state index in [2.05, 4.69) is 19.6 Å². The van der Waals surface area contributed by atoms with Gasteiger partial charge in [-0.2, -0.15) is 0 Å². The number of hydrogen-bond acceptors (Lipinski definition) is 4.